The van der Waals surface area contributed by atoms with Crippen molar-refractivity contribution in [2.45, 2.75) is 117 Å². The van der Waals surface area contributed by atoms with Crippen LogP contribution >= 0.6 is 0 Å². The van der Waals surface area contributed by atoms with Crippen LogP contribution in [0, 0.1) is 41.9 Å². The molecule has 0 saturated heterocycles. The quantitative estimate of drug-likeness (QED) is 0.0516. The number of carbonyl (C=O) groups is 3. The highest BCUT2D eigenvalue weighted by Crippen LogP contribution is 2.47. The number of hydrogen-bond acceptors (Lipinski definition) is 8. The predicted molar refractivity (Wildman–Crippen MR) is 171 cm³/mol. The van der Waals surface area contributed by atoms with Gasteiger partial charge in [-0.3, -0.25) is 29.6 Å². The topological polar surface area (TPSA) is 202 Å². The summed E-state index contributed by atoms with van der Waals surface area (Å²) in [5.74, 6) is 2.90. The van der Waals surface area contributed by atoms with E-state index in [1.54, 1.807) is 24.5 Å². The minimum atomic E-state index is -4.02. The highest BCUT2D eigenvalue weighted by molar-refractivity contribution is 7.85. The van der Waals surface area contributed by atoms with Crippen LogP contribution in [0.4, 0.5) is 0 Å². The van der Waals surface area contributed by atoms with E-state index < -0.39 is 45.2 Å². The molecule has 2 amide bonds. The van der Waals surface area contributed by atoms with Gasteiger partial charge in [0.1, 0.15) is 0 Å². The Labute approximate surface area is 264 Å². The van der Waals surface area contributed by atoms with E-state index in [9.17, 15) is 28.0 Å². The first kappa shape index (κ1) is 39.6. The molecular formula is C32H56N4O7S. The molecule has 0 radical (unpaired) electrons. The number of hydrogen-bond donors (Lipinski definition) is 6. The monoisotopic (exact) mass is 640 g/mol. The maximum Gasteiger partial charge on any atom is 0.294 e. The second kappa shape index (κ2) is 18.6. The van der Waals surface area contributed by atoms with Crippen molar-refractivity contribution in [2.24, 2.45) is 46.6 Å². The van der Waals surface area contributed by atoms with Crippen LogP contribution in [0.3, 0.4) is 0 Å². The second-order valence-electron chi connectivity index (χ2n) is 13.3. The van der Waals surface area contributed by atoms with E-state index in [2.05, 4.69) is 5.43 Å². The molecule has 0 aromatic heterocycles. The molecular weight excluding hydrogens is 584 g/mol. The lowest BCUT2D eigenvalue weighted by atomic mass is 9.58. The number of ketones is 1. The van der Waals surface area contributed by atoms with E-state index in [4.69, 9.17) is 16.1 Å². The van der Waals surface area contributed by atoms with E-state index in [0.717, 1.165) is 18.4 Å². The molecule has 2 unspecified atom stereocenters. The summed E-state index contributed by atoms with van der Waals surface area (Å²) in [6.07, 6.45) is 9.12. The molecule has 1 aromatic carbocycles. The first-order valence-corrected chi connectivity index (χ1v) is 17.2. The van der Waals surface area contributed by atoms with E-state index >= 15 is 0 Å². The fourth-order valence-electron chi connectivity index (χ4n) is 6.73. The largest absolute Gasteiger partial charge is 0.322 e. The van der Waals surface area contributed by atoms with Gasteiger partial charge < -0.3 is 5.73 Å². The summed E-state index contributed by atoms with van der Waals surface area (Å²) >= 11 is 0. The van der Waals surface area contributed by atoms with Gasteiger partial charge >= 0.3 is 0 Å². The molecule has 12 heteroatoms. The maximum atomic E-state index is 13.8. The van der Waals surface area contributed by atoms with Crippen LogP contribution < -0.4 is 22.5 Å². The van der Waals surface area contributed by atoms with Gasteiger partial charge in [-0.15, -0.1) is 0 Å². The smallest absolute Gasteiger partial charge is 0.294 e. The Morgan fingerprint density at radius 2 is 1.55 bits per heavy atom. The number of nitrogens with one attached hydrogen (secondary N) is 2. The normalized spacial score (nSPS) is 17.5. The van der Waals surface area contributed by atoms with Crippen molar-refractivity contribution in [3.63, 3.8) is 0 Å². The number of amides is 2. The molecule has 0 bridgehead atoms. The van der Waals surface area contributed by atoms with Crippen LogP contribution in [0.5, 0.6) is 0 Å². The molecule has 8 N–H and O–H groups in total. The zero-order valence-corrected chi connectivity index (χ0v) is 28.2. The number of carbonyl (C=O) groups excluding carboxylic acids is 3. The third-order valence-electron chi connectivity index (χ3n) is 8.55. The van der Waals surface area contributed by atoms with Gasteiger partial charge in [-0.2, -0.15) is 8.42 Å². The summed E-state index contributed by atoms with van der Waals surface area (Å²) in [7, 11) is -4.02. The Kier molecular flexibility index (Phi) is 16.7. The third kappa shape index (κ3) is 12.2. The van der Waals surface area contributed by atoms with Crippen LogP contribution in [-0.2, 0) is 24.5 Å². The summed E-state index contributed by atoms with van der Waals surface area (Å²) in [6, 6.07) is 5.19. The Hall–Kier alpha value is -2.38. The van der Waals surface area contributed by atoms with Gasteiger partial charge in [0.2, 0.25) is 11.8 Å². The molecule has 1 saturated carbocycles. The van der Waals surface area contributed by atoms with Gasteiger partial charge in [0, 0.05) is 5.41 Å². The lowest BCUT2D eigenvalue weighted by Gasteiger charge is -2.44. The average Bonchev–Trinajstić information content (AvgIpc) is 2.95. The van der Waals surface area contributed by atoms with E-state index in [1.807, 2.05) is 34.6 Å². The zero-order chi connectivity index (χ0) is 33.7. The van der Waals surface area contributed by atoms with Crippen molar-refractivity contribution >= 4 is 27.7 Å². The Bertz CT molecular complexity index is 1150. The minimum Gasteiger partial charge on any atom is -0.322 e. The Balaban J connectivity index is 0.000000733. The minimum absolute atomic E-state index is 0.0666. The lowest BCUT2D eigenvalue weighted by Crippen LogP contribution is -2.57. The van der Waals surface area contributed by atoms with Crippen LogP contribution in [0.1, 0.15) is 104 Å². The summed E-state index contributed by atoms with van der Waals surface area (Å²) in [6.45, 7) is 11.4. The van der Waals surface area contributed by atoms with Gasteiger partial charge in [-0.25, -0.2) is 11.3 Å². The maximum absolute atomic E-state index is 13.8. The number of nitrogens with two attached hydrogens (primary N) is 2. The van der Waals surface area contributed by atoms with Gasteiger partial charge in [-0.1, -0.05) is 90.3 Å². The van der Waals surface area contributed by atoms with E-state index in [1.165, 1.54) is 44.2 Å². The summed E-state index contributed by atoms with van der Waals surface area (Å²) < 4.78 is 29.6. The van der Waals surface area contributed by atoms with Crippen molar-refractivity contribution in [1.29, 1.82) is 0 Å². The van der Waals surface area contributed by atoms with Crippen molar-refractivity contribution in [2.75, 3.05) is 0 Å². The molecule has 4 atom stereocenters. The third-order valence-corrected chi connectivity index (χ3v) is 9.42. The van der Waals surface area contributed by atoms with Gasteiger partial charge in [0.25, 0.3) is 10.1 Å². The number of Topliss-reactive ketones (excluding diaryl/α,β-unsaturated/α-hetero) is 1. The number of rotatable bonds is 15. The fraction of sp³-hybridized carbons (Fsp3) is 0.719. The standard InChI is InChI=1S/C25H48N4O4.C7H8O3S/c1-16(2)14-20(23(31)28-27)21(24(32)29-33)25(15-17(3)4,22(30)18(5)26)13-9-12-19-10-7-6-8-11-19;1-6-2-4-7(5-3-6)11(8,9)10/h16-21,33H,6-15,26-27H2,1-5H3,(H,28,31)(H,29,32);2-5H,1H3,(H,8,9,10)/t18-,20-,21?,25?;/m1./s1. The molecule has 1 aliphatic rings. The second-order valence-corrected chi connectivity index (χ2v) is 14.7. The summed E-state index contributed by atoms with van der Waals surface area (Å²) in [5.41, 5.74) is 9.86. The average molecular weight is 641 g/mol. The van der Waals surface area contributed by atoms with Crippen molar-refractivity contribution in [3.8, 4) is 0 Å². The molecule has 11 nitrogen and oxygen atoms in total. The lowest BCUT2D eigenvalue weighted by molar-refractivity contribution is -0.155. The van der Waals surface area contributed by atoms with Gasteiger partial charge in [-0.05, 0) is 63.0 Å². The molecule has 0 heterocycles. The van der Waals surface area contributed by atoms with Crippen molar-refractivity contribution in [1.82, 2.24) is 10.9 Å². The molecule has 0 spiro atoms. The van der Waals surface area contributed by atoms with E-state index in [0.29, 0.717) is 25.2 Å². The molecule has 44 heavy (non-hydrogen) atoms. The molecule has 252 valence electrons. The SMILES string of the molecule is CC(C)C[C@@H](C(=O)NN)C(C(=O)NO)C(CCCC1CCCCC1)(CC(C)C)C(=O)[C@@H](C)N.Cc1ccc(S(=O)(=O)O)cc1. The van der Waals surface area contributed by atoms with E-state index in [-0.39, 0.29) is 22.5 Å². The molecule has 1 fully saturated rings. The first-order chi connectivity index (χ1) is 20.5. The molecule has 1 aromatic rings. The van der Waals surface area contributed by atoms with Crippen LogP contribution in [-0.4, -0.2) is 41.8 Å². The fourth-order valence-corrected chi connectivity index (χ4v) is 7.21. The number of benzene rings is 1. The van der Waals surface area contributed by atoms with Crippen molar-refractivity contribution < 1.29 is 32.6 Å². The van der Waals surface area contributed by atoms with Crippen LogP contribution in [0.2, 0.25) is 0 Å². The predicted octanol–water partition coefficient (Wildman–Crippen LogP) is 4.70. The van der Waals surface area contributed by atoms with Crippen LogP contribution in [0.25, 0.3) is 0 Å². The van der Waals surface area contributed by atoms with Gasteiger partial charge in [0.15, 0.2) is 5.78 Å². The molecule has 0 aliphatic heterocycles. The summed E-state index contributed by atoms with van der Waals surface area (Å²) in [4.78, 5) is 39.8. The molecule has 1 aliphatic carbocycles. The Morgan fingerprint density at radius 3 is 1.98 bits per heavy atom. The Morgan fingerprint density at radius 1 is 0.977 bits per heavy atom. The number of aryl methyl sites for hydroxylation is 1. The van der Waals surface area contributed by atoms with Gasteiger partial charge in [0.05, 0.1) is 22.8 Å². The highest BCUT2D eigenvalue weighted by atomic mass is 32.2. The van der Waals surface area contributed by atoms with Crippen molar-refractivity contribution in [3.05, 3.63) is 29.8 Å². The summed E-state index contributed by atoms with van der Waals surface area (Å²) in [5, 5.41) is 9.68. The zero-order valence-electron chi connectivity index (χ0n) is 27.3. The molecule has 2 rings (SSSR count). The number of hydrazine groups is 1. The number of hydroxylamine groups is 1. The highest BCUT2D eigenvalue weighted by Gasteiger charge is 2.54. The van der Waals surface area contributed by atoms with Crippen LogP contribution in [0.15, 0.2) is 29.2 Å². The first-order valence-electron chi connectivity index (χ1n) is 15.8.